The van der Waals surface area contributed by atoms with Gasteiger partial charge in [-0.1, -0.05) is 30.3 Å². The van der Waals surface area contributed by atoms with Crippen molar-refractivity contribution >= 4 is 5.91 Å². The summed E-state index contributed by atoms with van der Waals surface area (Å²) in [5.74, 6) is -0.0851. The maximum atomic E-state index is 11.4. The lowest BCUT2D eigenvalue weighted by molar-refractivity contribution is -0.127. The van der Waals surface area contributed by atoms with Gasteiger partial charge in [0.05, 0.1) is 12.1 Å². The number of nitrogens with one attached hydrogen (secondary N) is 2. The summed E-state index contributed by atoms with van der Waals surface area (Å²) in [4.78, 5) is 16.7. The van der Waals surface area contributed by atoms with Gasteiger partial charge < -0.3 is 5.32 Å². The molecule has 0 saturated carbocycles. The average molecular weight is 236 g/mol. The van der Waals surface area contributed by atoms with Gasteiger partial charge >= 0.3 is 0 Å². The van der Waals surface area contributed by atoms with Gasteiger partial charge in [-0.25, -0.2) is 0 Å². The molecular formula is C13H20N2O2. The third-order valence-corrected chi connectivity index (χ3v) is 1.94. The number of benzene rings is 1. The van der Waals surface area contributed by atoms with Crippen molar-refractivity contribution < 1.29 is 9.63 Å². The summed E-state index contributed by atoms with van der Waals surface area (Å²) in [6, 6.07) is 9.79. The van der Waals surface area contributed by atoms with E-state index in [2.05, 4.69) is 10.8 Å². The highest BCUT2D eigenvalue weighted by Crippen LogP contribution is 2.02. The number of hydroxylamine groups is 1. The highest BCUT2D eigenvalue weighted by molar-refractivity contribution is 5.77. The molecule has 0 unspecified atom stereocenters. The van der Waals surface area contributed by atoms with Crippen molar-refractivity contribution in [2.45, 2.75) is 32.9 Å². The quantitative estimate of drug-likeness (QED) is 0.764. The lowest BCUT2D eigenvalue weighted by atomic mass is 10.2. The molecule has 1 aromatic rings. The molecule has 1 amide bonds. The zero-order valence-corrected chi connectivity index (χ0v) is 10.6. The first-order valence-corrected chi connectivity index (χ1v) is 5.69. The van der Waals surface area contributed by atoms with Gasteiger partial charge in [0.1, 0.15) is 0 Å². The van der Waals surface area contributed by atoms with Gasteiger partial charge in [0.15, 0.2) is 0 Å². The fourth-order valence-corrected chi connectivity index (χ4v) is 1.18. The van der Waals surface area contributed by atoms with E-state index in [1.54, 1.807) is 0 Å². The summed E-state index contributed by atoms with van der Waals surface area (Å²) < 4.78 is 0. The Bertz CT molecular complexity index is 344. The Morgan fingerprint density at radius 1 is 1.24 bits per heavy atom. The van der Waals surface area contributed by atoms with Crippen LogP contribution in [-0.2, 0) is 16.2 Å². The molecule has 1 aromatic carbocycles. The molecule has 0 fully saturated rings. The van der Waals surface area contributed by atoms with Crippen molar-refractivity contribution in [3.05, 3.63) is 35.9 Å². The van der Waals surface area contributed by atoms with Crippen molar-refractivity contribution in [2.24, 2.45) is 0 Å². The molecule has 0 spiro atoms. The van der Waals surface area contributed by atoms with Gasteiger partial charge in [-0.2, -0.15) is 5.48 Å². The van der Waals surface area contributed by atoms with Crippen LogP contribution in [0.4, 0.5) is 0 Å². The summed E-state index contributed by atoms with van der Waals surface area (Å²) in [6.07, 6.45) is 0. The third kappa shape index (κ3) is 6.71. The minimum absolute atomic E-state index is 0.0851. The minimum Gasteiger partial charge on any atom is -0.351 e. The molecule has 0 radical (unpaired) electrons. The fourth-order valence-electron chi connectivity index (χ4n) is 1.18. The molecule has 1 rings (SSSR count). The molecule has 94 valence electrons. The summed E-state index contributed by atoms with van der Waals surface area (Å²) >= 11 is 0. The van der Waals surface area contributed by atoms with E-state index in [4.69, 9.17) is 4.84 Å². The van der Waals surface area contributed by atoms with Crippen molar-refractivity contribution in [1.29, 1.82) is 0 Å². The second-order valence-corrected chi connectivity index (χ2v) is 4.80. The molecule has 0 atom stereocenters. The number of carbonyl (C=O) groups is 1. The predicted molar refractivity (Wildman–Crippen MR) is 67.1 cm³/mol. The van der Waals surface area contributed by atoms with Crippen molar-refractivity contribution in [3.63, 3.8) is 0 Å². The topological polar surface area (TPSA) is 50.4 Å². The fraction of sp³-hybridized carbons (Fsp3) is 0.462. The van der Waals surface area contributed by atoms with Crippen LogP contribution in [0.3, 0.4) is 0 Å². The van der Waals surface area contributed by atoms with Crippen LogP contribution in [0.2, 0.25) is 0 Å². The second kappa shape index (κ2) is 6.37. The van der Waals surface area contributed by atoms with Crippen LogP contribution >= 0.6 is 0 Å². The lowest BCUT2D eigenvalue weighted by Gasteiger charge is -2.19. The first-order chi connectivity index (χ1) is 7.97. The van der Waals surface area contributed by atoms with Crippen molar-refractivity contribution in [3.8, 4) is 0 Å². The van der Waals surface area contributed by atoms with E-state index in [1.165, 1.54) is 0 Å². The van der Waals surface area contributed by atoms with E-state index in [-0.39, 0.29) is 18.1 Å². The van der Waals surface area contributed by atoms with Crippen molar-refractivity contribution in [1.82, 2.24) is 10.8 Å². The Morgan fingerprint density at radius 3 is 2.47 bits per heavy atom. The predicted octanol–water partition coefficient (Wildman–Crippen LogP) is 1.62. The zero-order chi connectivity index (χ0) is 12.7. The number of hydrogen-bond donors (Lipinski definition) is 2. The smallest absolute Gasteiger partial charge is 0.236 e. The van der Waals surface area contributed by atoms with Crippen LogP contribution in [0.25, 0.3) is 0 Å². The maximum absolute atomic E-state index is 11.4. The highest BCUT2D eigenvalue weighted by atomic mass is 16.7. The molecule has 0 aliphatic rings. The Balaban J connectivity index is 2.18. The summed E-state index contributed by atoms with van der Waals surface area (Å²) in [5, 5.41) is 2.80. The number of carbonyl (C=O) groups excluding carboxylic acids is 1. The van der Waals surface area contributed by atoms with E-state index in [1.807, 2.05) is 51.1 Å². The van der Waals surface area contributed by atoms with E-state index in [9.17, 15) is 4.79 Å². The normalized spacial score (nSPS) is 11.2. The molecule has 0 heterocycles. The Kier molecular flexibility index (Phi) is 5.12. The van der Waals surface area contributed by atoms with Crippen LogP contribution in [0.1, 0.15) is 26.3 Å². The van der Waals surface area contributed by atoms with Gasteiger partial charge in [0.25, 0.3) is 0 Å². The molecule has 0 aromatic heterocycles. The molecule has 0 bridgehead atoms. The zero-order valence-electron chi connectivity index (χ0n) is 10.6. The lowest BCUT2D eigenvalue weighted by Crippen LogP contribution is -2.37. The number of amides is 1. The highest BCUT2D eigenvalue weighted by Gasteiger charge is 2.10. The van der Waals surface area contributed by atoms with Crippen LogP contribution in [0.15, 0.2) is 30.3 Å². The largest absolute Gasteiger partial charge is 0.351 e. The van der Waals surface area contributed by atoms with Crippen LogP contribution in [0, 0.1) is 0 Å². The Hall–Kier alpha value is -1.39. The monoisotopic (exact) mass is 236 g/mol. The Labute approximate surface area is 102 Å². The standard InChI is InChI=1S/C13H20N2O2/c1-13(2,3)17-15-10-12(16)14-9-11-7-5-4-6-8-11/h4-8,15H,9-10H2,1-3H3,(H,14,16). The molecular weight excluding hydrogens is 216 g/mol. The van der Waals surface area contributed by atoms with E-state index < -0.39 is 0 Å². The number of rotatable bonds is 5. The van der Waals surface area contributed by atoms with Crippen LogP contribution in [0.5, 0.6) is 0 Å². The summed E-state index contributed by atoms with van der Waals surface area (Å²) in [7, 11) is 0. The average Bonchev–Trinajstić information content (AvgIpc) is 2.26. The molecule has 0 aliphatic carbocycles. The van der Waals surface area contributed by atoms with Gasteiger partial charge in [-0.3, -0.25) is 9.63 Å². The van der Waals surface area contributed by atoms with Crippen molar-refractivity contribution in [2.75, 3.05) is 6.54 Å². The van der Waals surface area contributed by atoms with Gasteiger partial charge in [-0.05, 0) is 26.3 Å². The van der Waals surface area contributed by atoms with E-state index >= 15 is 0 Å². The Morgan fingerprint density at radius 2 is 1.88 bits per heavy atom. The summed E-state index contributed by atoms with van der Waals surface area (Å²) in [6.45, 7) is 6.45. The first kappa shape index (κ1) is 13.7. The van der Waals surface area contributed by atoms with Gasteiger partial charge in [0, 0.05) is 6.54 Å². The molecule has 17 heavy (non-hydrogen) atoms. The second-order valence-electron chi connectivity index (χ2n) is 4.80. The molecule has 4 nitrogen and oxygen atoms in total. The molecule has 4 heteroatoms. The van der Waals surface area contributed by atoms with Crippen LogP contribution in [-0.4, -0.2) is 18.1 Å². The van der Waals surface area contributed by atoms with E-state index in [0.29, 0.717) is 6.54 Å². The minimum atomic E-state index is -0.292. The molecule has 0 saturated heterocycles. The summed E-state index contributed by atoms with van der Waals surface area (Å²) in [5.41, 5.74) is 3.44. The first-order valence-electron chi connectivity index (χ1n) is 5.69. The maximum Gasteiger partial charge on any atom is 0.236 e. The van der Waals surface area contributed by atoms with E-state index in [0.717, 1.165) is 5.56 Å². The SMILES string of the molecule is CC(C)(C)ONCC(=O)NCc1ccccc1. The van der Waals surface area contributed by atoms with Crippen LogP contribution < -0.4 is 10.8 Å². The third-order valence-electron chi connectivity index (χ3n) is 1.94. The molecule has 2 N–H and O–H groups in total. The molecule has 0 aliphatic heterocycles. The number of hydrogen-bond acceptors (Lipinski definition) is 3. The van der Waals surface area contributed by atoms with Gasteiger partial charge in [0.2, 0.25) is 5.91 Å². The van der Waals surface area contributed by atoms with Gasteiger partial charge in [-0.15, -0.1) is 0 Å².